The van der Waals surface area contributed by atoms with Gasteiger partial charge in [0, 0.05) is 58.0 Å². The molecule has 0 atom stereocenters. The Bertz CT molecular complexity index is 521. The zero-order valence-electron chi connectivity index (χ0n) is 17.5. The number of anilines is 1. The van der Waals surface area contributed by atoms with Gasteiger partial charge in [-0.3, -0.25) is 9.89 Å². The summed E-state index contributed by atoms with van der Waals surface area (Å²) in [6.45, 7) is 10.6. The lowest BCUT2D eigenvalue weighted by Crippen LogP contribution is -2.46. The molecule has 1 fully saturated rings. The Morgan fingerprint density at radius 1 is 1.04 bits per heavy atom. The molecule has 5 nitrogen and oxygen atoms in total. The number of nitrogens with one attached hydrogen (secondary N) is 2. The molecule has 0 amide bonds. The van der Waals surface area contributed by atoms with Crippen molar-refractivity contribution < 1.29 is 0 Å². The third kappa shape index (κ3) is 10.2. The minimum absolute atomic E-state index is 0. The van der Waals surface area contributed by atoms with E-state index in [0.29, 0.717) is 0 Å². The lowest BCUT2D eigenvalue weighted by Gasteiger charge is -2.36. The molecular weight excluding hydrogens is 481 g/mol. The largest absolute Gasteiger partial charge is 0.369 e. The average Bonchev–Trinajstić information content (AvgIpc) is 2.72. The van der Waals surface area contributed by atoms with E-state index in [9.17, 15) is 0 Å². The van der Waals surface area contributed by atoms with Crippen LogP contribution in [-0.2, 0) is 0 Å². The van der Waals surface area contributed by atoms with E-state index in [-0.39, 0.29) is 24.0 Å². The van der Waals surface area contributed by atoms with Crippen LogP contribution in [0.25, 0.3) is 0 Å². The summed E-state index contributed by atoms with van der Waals surface area (Å²) in [4.78, 5) is 9.78. The predicted octanol–water partition coefficient (Wildman–Crippen LogP) is 3.52. The van der Waals surface area contributed by atoms with Crippen LogP contribution in [0.5, 0.6) is 0 Å². The van der Waals surface area contributed by atoms with Crippen molar-refractivity contribution in [2.75, 3.05) is 69.3 Å². The van der Waals surface area contributed by atoms with Gasteiger partial charge in [0.05, 0.1) is 0 Å². The quantitative estimate of drug-likeness (QED) is 0.203. The van der Waals surface area contributed by atoms with Gasteiger partial charge >= 0.3 is 0 Å². The van der Waals surface area contributed by atoms with E-state index >= 15 is 0 Å². The lowest BCUT2D eigenvalue weighted by molar-refractivity contribution is 0.256. The molecule has 1 aromatic rings. The smallest absolute Gasteiger partial charge is 0.191 e. The Hall–Kier alpha value is -0.670. The lowest BCUT2D eigenvalue weighted by atomic mass is 10.2. The first-order valence-electron chi connectivity index (χ1n) is 10.4. The van der Waals surface area contributed by atoms with E-state index < -0.39 is 0 Å². The van der Waals surface area contributed by atoms with Crippen molar-refractivity contribution in [1.82, 2.24) is 15.5 Å². The van der Waals surface area contributed by atoms with Crippen LogP contribution in [0.15, 0.2) is 35.3 Å². The van der Waals surface area contributed by atoms with Crippen molar-refractivity contribution in [2.24, 2.45) is 4.99 Å². The molecule has 0 saturated carbocycles. The Kier molecular flexibility index (Phi) is 14.6. The van der Waals surface area contributed by atoms with E-state index in [1.165, 1.54) is 24.3 Å². The second kappa shape index (κ2) is 16.2. The number of rotatable bonds is 11. The molecule has 1 aliphatic rings. The number of hydrogen-bond acceptors (Lipinski definition) is 4. The minimum atomic E-state index is 0. The monoisotopic (exact) mass is 519 g/mol. The number of benzene rings is 1. The van der Waals surface area contributed by atoms with Crippen LogP contribution in [0, 0.1) is 0 Å². The summed E-state index contributed by atoms with van der Waals surface area (Å²) in [5.41, 5.74) is 1.35. The second-order valence-corrected chi connectivity index (χ2v) is 7.89. The van der Waals surface area contributed by atoms with Gasteiger partial charge in [-0.15, -0.1) is 24.0 Å². The fraction of sp³-hybridized carbons (Fsp3) is 0.667. The first-order chi connectivity index (χ1) is 13.3. The Labute approximate surface area is 193 Å². The predicted molar refractivity (Wildman–Crippen MR) is 137 cm³/mol. The highest BCUT2D eigenvalue weighted by Crippen LogP contribution is 2.15. The van der Waals surface area contributed by atoms with Gasteiger partial charge in [0.25, 0.3) is 0 Å². The third-order valence-corrected chi connectivity index (χ3v) is 5.50. The van der Waals surface area contributed by atoms with Gasteiger partial charge in [-0.2, -0.15) is 11.8 Å². The van der Waals surface area contributed by atoms with Crippen molar-refractivity contribution in [1.29, 1.82) is 0 Å². The maximum Gasteiger partial charge on any atom is 0.191 e. The van der Waals surface area contributed by atoms with Gasteiger partial charge in [0.15, 0.2) is 5.96 Å². The minimum Gasteiger partial charge on any atom is -0.369 e. The fourth-order valence-corrected chi connectivity index (χ4v) is 3.77. The summed E-state index contributed by atoms with van der Waals surface area (Å²) in [5.74, 6) is 2.21. The normalized spacial score (nSPS) is 15.2. The van der Waals surface area contributed by atoms with Crippen LogP contribution in [0.1, 0.15) is 26.2 Å². The van der Waals surface area contributed by atoms with E-state index in [0.717, 1.165) is 64.7 Å². The SMILES string of the molecule is CCNC(=NCCCN1CCN(c2ccccc2)CC1)NCCCCSC.I. The van der Waals surface area contributed by atoms with Crippen LogP contribution in [0.4, 0.5) is 5.69 Å². The standard InChI is InChI=1S/C21H37N5S.HI/c1-3-22-21(23-12-7-8-19-27-2)24-13-9-14-25-15-17-26(18-16-25)20-10-5-4-6-11-20;/h4-6,10-11H,3,7-9,12-19H2,1-2H3,(H2,22,23,24);1H. The van der Waals surface area contributed by atoms with Gasteiger partial charge in [-0.05, 0) is 50.3 Å². The number of para-hydroxylation sites is 1. The Morgan fingerprint density at radius 3 is 2.46 bits per heavy atom. The molecule has 1 aliphatic heterocycles. The molecule has 7 heteroatoms. The molecule has 0 aromatic heterocycles. The van der Waals surface area contributed by atoms with E-state index in [1.54, 1.807) is 0 Å². The highest BCUT2D eigenvalue weighted by molar-refractivity contribution is 14.0. The number of guanidine groups is 1. The van der Waals surface area contributed by atoms with Crippen LogP contribution in [0.3, 0.4) is 0 Å². The number of piperazine rings is 1. The van der Waals surface area contributed by atoms with Crippen molar-refractivity contribution in [3.63, 3.8) is 0 Å². The molecule has 0 radical (unpaired) electrons. The number of unbranched alkanes of at least 4 members (excludes halogenated alkanes) is 1. The number of hydrogen-bond donors (Lipinski definition) is 2. The number of nitrogens with zero attached hydrogens (tertiary/aromatic N) is 3. The molecule has 1 heterocycles. The highest BCUT2D eigenvalue weighted by atomic mass is 127. The fourth-order valence-electron chi connectivity index (χ4n) is 3.27. The van der Waals surface area contributed by atoms with Gasteiger partial charge in [-0.1, -0.05) is 18.2 Å². The maximum atomic E-state index is 4.73. The van der Waals surface area contributed by atoms with Crippen LogP contribution in [-0.4, -0.2) is 75.2 Å². The molecule has 1 aromatic carbocycles. The molecule has 0 spiro atoms. The topological polar surface area (TPSA) is 42.9 Å². The van der Waals surface area contributed by atoms with Gasteiger partial charge in [0.1, 0.15) is 0 Å². The number of thioether (sulfide) groups is 1. The van der Waals surface area contributed by atoms with Crippen molar-refractivity contribution in [3.05, 3.63) is 30.3 Å². The Balaban J connectivity index is 0.00000392. The summed E-state index contributed by atoms with van der Waals surface area (Å²) in [5, 5.41) is 6.80. The summed E-state index contributed by atoms with van der Waals surface area (Å²) in [7, 11) is 0. The van der Waals surface area contributed by atoms with Gasteiger partial charge in [0.2, 0.25) is 0 Å². The molecule has 1 saturated heterocycles. The van der Waals surface area contributed by atoms with Gasteiger partial charge in [-0.25, -0.2) is 0 Å². The zero-order valence-corrected chi connectivity index (χ0v) is 20.7. The van der Waals surface area contributed by atoms with Crippen LogP contribution < -0.4 is 15.5 Å². The van der Waals surface area contributed by atoms with Crippen molar-refractivity contribution in [2.45, 2.75) is 26.2 Å². The molecular formula is C21H38IN5S. The summed E-state index contributed by atoms with van der Waals surface area (Å²) in [6, 6.07) is 10.7. The number of aliphatic imine (C=N–C) groups is 1. The molecule has 2 rings (SSSR count). The molecule has 0 bridgehead atoms. The van der Waals surface area contributed by atoms with Crippen LogP contribution >= 0.6 is 35.7 Å². The number of halogens is 1. The average molecular weight is 520 g/mol. The molecule has 0 unspecified atom stereocenters. The first-order valence-corrected chi connectivity index (χ1v) is 11.8. The van der Waals surface area contributed by atoms with Crippen molar-refractivity contribution in [3.8, 4) is 0 Å². The molecule has 28 heavy (non-hydrogen) atoms. The molecule has 0 aliphatic carbocycles. The highest BCUT2D eigenvalue weighted by Gasteiger charge is 2.16. The summed E-state index contributed by atoms with van der Waals surface area (Å²) < 4.78 is 0. The third-order valence-electron chi connectivity index (χ3n) is 4.81. The summed E-state index contributed by atoms with van der Waals surface area (Å²) in [6.07, 6.45) is 5.76. The second-order valence-electron chi connectivity index (χ2n) is 6.91. The van der Waals surface area contributed by atoms with Crippen LogP contribution in [0.2, 0.25) is 0 Å². The van der Waals surface area contributed by atoms with Gasteiger partial charge < -0.3 is 15.5 Å². The van der Waals surface area contributed by atoms with E-state index in [1.807, 2.05) is 11.8 Å². The Morgan fingerprint density at radius 2 is 1.79 bits per heavy atom. The molecule has 160 valence electrons. The first kappa shape index (κ1) is 25.4. The zero-order chi connectivity index (χ0) is 19.2. The molecule has 2 N–H and O–H groups in total. The van der Waals surface area contributed by atoms with E-state index in [4.69, 9.17) is 4.99 Å². The maximum absolute atomic E-state index is 4.73. The van der Waals surface area contributed by atoms with E-state index in [2.05, 4.69) is 63.9 Å². The summed E-state index contributed by atoms with van der Waals surface area (Å²) >= 11 is 1.92. The van der Waals surface area contributed by atoms with Crippen molar-refractivity contribution >= 4 is 47.4 Å².